The Labute approximate surface area is 110 Å². The minimum absolute atomic E-state index is 0.155. The van der Waals surface area contributed by atoms with Gasteiger partial charge in [0, 0.05) is 36.3 Å². The van der Waals surface area contributed by atoms with E-state index in [1.807, 2.05) is 0 Å². The van der Waals surface area contributed by atoms with Crippen LogP contribution in [0.2, 0.25) is 0 Å². The van der Waals surface area contributed by atoms with E-state index in [0.717, 1.165) is 0 Å². The van der Waals surface area contributed by atoms with Gasteiger partial charge in [-0.1, -0.05) is 6.07 Å². The Balaban J connectivity index is 2.11. The summed E-state index contributed by atoms with van der Waals surface area (Å²) < 4.78 is 0. The predicted octanol–water partition coefficient (Wildman–Crippen LogP) is 2.29. The maximum absolute atomic E-state index is 11.9. The number of rotatable bonds is 3. The molecule has 0 saturated carbocycles. The van der Waals surface area contributed by atoms with Crippen molar-refractivity contribution in [3.05, 3.63) is 54.4 Å². The highest BCUT2D eigenvalue weighted by Crippen LogP contribution is 2.15. The summed E-state index contributed by atoms with van der Waals surface area (Å²) in [5.74, 6) is -0.375. The molecule has 0 aliphatic carbocycles. The summed E-state index contributed by atoms with van der Waals surface area (Å²) in [5.41, 5.74) is 1.79. The van der Waals surface area contributed by atoms with Crippen LogP contribution in [0.15, 0.2) is 48.8 Å². The van der Waals surface area contributed by atoms with Crippen LogP contribution in [-0.2, 0) is 4.79 Å². The van der Waals surface area contributed by atoms with E-state index in [9.17, 15) is 9.59 Å². The fourth-order valence-electron chi connectivity index (χ4n) is 1.58. The van der Waals surface area contributed by atoms with Crippen LogP contribution in [0, 0.1) is 0 Å². The molecule has 2 N–H and O–H groups in total. The summed E-state index contributed by atoms with van der Waals surface area (Å²) in [7, 11) is 0. The number of pyridine rings is 1. The van der Waals surface area contributed by atoms with Crippen LogP contribution in [0.25, 0.3) is 0 Å². The van der Waals surface area contributed by atoms with Gasteiger partial charge in [-0.25, -0.2) is 0 Å². The highest BCUT2D eigenvalue weighted by Gasteiger charge is 2.05. The molecule has 2 amide bonds. The van der Waals surface area contributed by atoms with E-state index >= 15 is 0 Å². The zero-order valence-electron chi connectivity index (χ0n) is 10.4. The second-order valence-electron chi connectivity index (χ2n) is 3.95. The highest BCUT2D eigenvalue weighted by molar-refractivity contribution is 6.04. The average Bonchev–Trinajstić information content (AvgIpc) is 2.39. The second kappa shape index (κ2) is 5.77. The minimum Gasteiger partial charge on any atom is -0.326 e. The van der Waals surface area contributed by atoms with E-state index in [1.165, 1.54) is 6.92 Å². The molecule has 2 rings (SSSR count). The van der Waals surface area contributed by atoms with Crippen LogP contribution in [0.4, 0.5) is 11.4 Å². The van der Waals surface area contributed by atoms with E-state index in [0.29, 0.717) is 16.9 Å². The van der Waals surface area contributed by atoms with Crippen LogP contribution in [0.3, 0.4) is 0 Å². The van der Waals surface area contributed by atoms with E-state index in [4.69, 9.17) is 0 Å². The molecule has 0 saturated heterocycles. The van der Waals surface area contributed by atoms with Gasteiger partial charge < -0.3 is 10.6 Å². The number of anilines is 2. The Hall–Kier alpha value is -2.69. The van der Waals surface area contributed by atoms with Gasteiger partial charge in [-0.05, 0) is 30.3 Å². The van der Waals surface area contributed by atoms with Crippen LogP contribution < -0.4 is 10.6 Å². The van der Waals surface area contributed by atoms with Gasteiger partial charge in [0.25, 0.3) is 5.91 Å². The molecule has 0 unspecified atom stereocenters. The molecule has 0 fully saturated rings. The fraction of sp³-hybridized carbons (Fsp3) is 0.0714. The topological polar surface area (TPSA) is 71.1 Å². The normalized spacial score (nSPS) is 9.74. The molecular formula is C14H13N3O2. The van der Waals surface area contributed by atoms with Gasteiger partial charge in [-0.2, -0.15) is 0 Å². The number of amides is 2. The summed E-state index contributed by atoms with van der Waals surface area (Å²) in [5, 5.41) is 5.41. The predicted molar refractivity (Wildman–Crippen MR) is 72.9 cm³/mol. The Morgan fingerprint density at radius 3 is 2.26 bits per heavy atom. The molecule has 1 heterocycles. The zero-order chi connectivity index (χ0) is 13.7. The molecule has 0 atom stereocenters. The van der Waals surface area contributed by atoms with Gasteiger partial charge in [-0.15, -0.1) is 0 Å². The van der Waals surface area contributed by atoms with Crippen LogP contribution in [-0.4, -0.2) is 16.8 Å². The van der Waals surface area contributed by atoms with Crippen molar-refractivity contribution in [3.63, 3.8) is 0 Å². The Bertz CT molecular complexity index is 597. The van der Waals surface area contributed by atoms with Crippen LogP contribution >= 0.6 is 0 Å². The second-order valence-corrected chi connectivity index (χ2v) is 3.95. The third-order valence-corrected chi connectivity index (χ3v) is 2.38. The van der Waals surface area contributed by atoms with Crippen molar-refractivity contribution in [2.75, 3.05) is 10.6 Å². The Kier molecular flexibility index (Phi) is 3.87. The maximum Gasteiger partial charge on any atom is 0.255 e. The van der Waals surface area contributed by atoms with Crippen molar-refractivity contribution in [1.29, 1.82) is 0 Å². The van der Waals surface area contributed by atoms with Crippen molar-refractivity contribution in [1.82, 2.24) is 4.98 Å². The van der Waals surface area contributed by atoms with Crippen molar-refractivity contribution in [3.8, 4) is 0 Å². The largest absolute Gasteiger partial charge is 0.326 e. The number of benzene rings is 1. The molecule has 0 aliphatic heterocycles. The van der Waals surface area contributed by atoms with Crippen molar-refractivity contribution in [2.24, 2.45) is 0 Å². The third-order valence-electron chi connectivity index (χ3n) is 2.38. The van der Waals surface area contributed by atoms with Gasteiger partial charge in [0.2, 0.25) is 5.91 Å². The van der Waals surface area contributed by atoms with Crippen molar-refractivity contribution < 1.29 is 9.59 Å². The Morgan fingerprint density at radius 2 is 1.63 bits per heavy atom. The quantitative estimate of drug-likeness (QED) is 0.884. The summed E-state index contributed by atoms with van der Waals surface area (Å²) >= 11 is 0. The molecule has 0 aliphatic rings. The summed E-state index contributed by atoms with van der Waals surface area (Å²) in [6, 6.07) is 10.2. The first-order valence-corrected chi connectivity index (χ1v) is 5.74. The molecule has 1 aromatic heterocycles. The number of hydrogen-bond acceptors (Lipinski definition) is 3. The van der Waals surface area contributed by atoms with Crippen molar-refractivity contribution >= 4 is 23.2 Å². The lowest BCUT2D eigenvalue weighted by molar-refractivity contribution is -0.114. The molecule has 0 spiro atoms. The maximum atomic E-state index is 11.9. The molecular weight excluding hydrogens is 242 g/mol. The summed E-state index contributed by atoms with van der Waals surface area (Å²) in [6.45, 7) is 1.43. The van der Waals surface area contributed by atoms with E-state index in [1.54, 1.807) is 48.8 Å². The third kappa shape index (κ3) is 3.64. The highest BCUT2D eigenvalue weighted by atomic mass is 16.2. The van der Waals surface area contributed by atoms with Crippen LogP contribution in [0.5, 0.6) is 0 Å². The number of carbonyl (C=O) groups is 2. The lowest BCUT2D eigenvalue weighted by Gasteiger charge is -2.07. The lowest BCUT2D eigenvalue weighted by Crippen LogP contribution is -2.12. The van der Waals surface area contributed by atoms with Gasteiger partial charge in [0.1, 0.15) is 0 Å². The summed E-state index contributed by atoms with van der Waals surface area (Å²) in [4.78, 5) is 26.7. The van der Waals surface area contributed by atoms with Crippen LogP contribution in [0.1, 0.15) is 17.3 Å². The number of carbonyl (C=O) groups excluding carboxylic acids is 2. The minimum atomic E-state index is -0.220. The van der Waals surface area contributed by atoms with Gasteiger partial charge in [0.15, 0.2) is 0 Å². The van der Waals surface area contributed by atoms with Gasteiger partial charge in [0.05, 0.1) is 0 Å². The molecule has 5 nitrogen and oxygen atoms in total. The fourth-order valence-corrected chi connectivity index (χ4v) is 1.58. The molecule has 0 radical (unpaired) electrons. The molecule has 2 aromatic rings. The molecule has 1 aromatic carbocycles. The first-order valence-electron chi connectivity index (χ1n) is 5.74. The standard InChI is InChI=1S/C14H13N3O2/c1-10(18)16-12-3-2-4-13(9-12)17-14(19)11-5-7-15-8-6-11/h2-9H,1H3,(H,16,18)(H,17,19). The smallest absolute Gasteiger partial charge is 0.255 e. The monoisotopic (exact) mass is 255 g/mol. The molecule has 5 heteroatoms. The lowest BCUT2D eigenvalue weighted by atomic mass is 10.2. The molecule has 96 valence electrons. The van der Waals surface area contributed by atoms with Gasteiger partial charge in [-0.3, -0.25) is 14.6 Å². The van der Waals surface area contributed by atoms with Crippen molar-refractivity contribution in [2.45, 2.75) is 6.92 Å². The zero-order valence-corrected chi connectivity index (χ0v) is 10.4. The number of nitrogens with zero attached hydrogens (tertiary/aromatic N) is 1. The SMILES string of the molecule is CC(=O)Nc1cccc(NC(=O)c2ccncc2)c1. The number of aromatic nitrogens is 1. The molecule has 0 bridgehead atoms. The number of nitrogens with one attached hydrogen (secondary N) is 2. The van der Waals surface area contributed by atoms with E-state index in [-0.39, 0.29) is 11.8 Å². The van der Waals surface area contributed by atoms with Gasteiger partial charge >= 0.3 is 0 Å². The van der Waals surface area contributed by atoms with E-state index in [2.05, 4.69) is 15.6 Å². The summed E-state index contributed by atoms with van der Waals surface area (Å²) in [6.07, 6.45) is 3.12. The average molecular weight is 255 g/mol. The first kappa shape index (κ1) is 12.8. The first-order chi connectivity index (χ1) is 9.15. The Morgan fingerprint density at radius 1 is 1.00 bits per heavy atom. The molecule has 19 heavy (non-hydrogen) atoms. The van der Waals surface area contributed by atoms with E-state index < -0.39 is 0 Å². The number of hydrogen-bond donors (Lipinski definition) is 2.